The Bertz CT molecular complexity index is 971. The van der Waals surface area contributed by atoms with Gasteiger partial charge >= 0.3 is 6.09 Å². The van der Waals surface area contributed by atoms with E-state index in [9.17, 15) is 23.3 Å². The van der Waals surface area contributed by atoms with Crippen LogP contribution in [-0.2, 0) is 32.5 Å². The van der Waals surface area contributed by atoms with E-state index in [2.05, 4.69) is 6.07 Å². The first-order chi connectivity index (χ1) is 12.9. The molecule has 1 saturated heterocycles. The van der Waals surface area contributed by atoms with Crippen molar-refractivity contribution in [2.24, 2.45) is 5.14 Å². The van der Waals surface area contributed by atoms with Crippen LogP contribution in [0.2, 0.25) is 0 Å². The van der Waals surface area contributed by atoms with Gasteiger partial charge in [-0.05, 0) is 32.8 Å². The fraction of sp³-hybridized carbons (Fsp3) is 0.588. The van der Waals surface area contributed by atoms with Gasteiger partial charge in [-0.1, -0.05) is 0 Å². The third kappa shape index (κ3) is 3.99. The van der Waals surface area contributed by atoms with Gasteiger partial charge in [0, 0.05) is 24.4 Å². The molecule has 0 saturated carbocycles. The van der Waals surface area contributed by atoms with Gasteiger partial charge in [0.2, 0.25) is 15.9 Å². The zero-order valence-electron chi connectivity index (χ0n) is 15.9. The number of carbonyl (C=O) groups is 2. The molecule has 11 heteroatoms. The number of hydrogen-bond acceptors (Lipinski definition) is 7. The maximum atomic E-state index is 12.4. The summed E-state index contributed by atoms with van der Waals surface area (Å²) in [6.45, 7) is 5.99. The third-order valence-electron chi connectivity index (χ3n) is 4.60. The molecule has 0 spiro atoms. The predicted molar refractivity (Wildman–Crippen MR) is 103 cm³/mol. The Kier molecular flexibility index (Phi) is 5.16. The molecule has 0 aliphatic carbocycles. The average molecular weight is 427 g/mol. The van der Waals surface area contributed by atoms with Crippen LogP contribution in [0.3, 0.4) is 0 Å². The fourth-order valence-corrected chi connectivity index (χ4v) is 5.34. The molecule has 3 rings (SSSR count). The minimum absolute atomic E-state index is 0.0679. The van der Waals surface area contributed by atoms with Crippen molar-refractivity contribution < 1.29 is 22.7 Å². The lowest BCUT2D eigenvalue weighted by molar-refractivity contribution is -0.117. The Labute approximate surface area is 167 Å². The van der Waals surface area contributed by atoms with E-state index in [0.717, 1.165) is 10.4 Å². The summed E-state index contributed by atoms with van der Waals surface area (Å²) in [4.78, 5) is 28.4. The number of carbonyl (C=O) groups excluding carboxylic acids is 2. The van der Waals surface area contributed by atoms with Crippen LogP contribution in [-0.4, -0.2) is 49.3 Å². The van der Waals surface area contributed by atoms with Crippen molar-refractivity contribution in [2.75, 3.05) is 18.0 Å². The number of nitrogens with zero attached hydrogens (tertiary/aromatic N) is 3. The van der Waals surface area contributed by atoms with Crippen LogP contribution < -0.4 is 10.0 Å². The summed E-state index contributed by atoms with van der Waals surface area (Å²) in [5.74, 6) is -0.377. The Balaban J connectivity index is 1.87. The van der Waals surface area contributed by atoms with E-state index in [1.165, 1.54) is 16.2 Å². The van der Waals surface area contributed by atoms with Gasteiger partial charge in [0.1, 0.15) is 21.9 Å². The monoisotopic (exact) mass is 426 g/mol. The van der Waals surface area contributed by atoms with Gasteiger partial charge in [0.15, 0.2) is 0 Å². The summed E-state index contributed by atoms with van der Waals surface area (Å²) in [6.07, 6.45) is -0.164. The van der Waals surface area contributed by atoms with Gasteiger partial charge in [-0.15, -0.1) is 11.3 Å². The van der Waals surface area contributed by atoms with Crippen molar-refractivity contribution in [3.05, 3.63) is 16.0 Å². The van der Waals surface area contributed by atoms with Gasteiger partial charge < -0.3 is 14.5 Å². The highest BCUT2D eigenvalue weighted by molar-refractivity contribution is 7.89. The van der Waals surface area contributed by atoms with Gasteiger partial charge in [-0.2, -0.15) is 5.26 Å². The van der Waals surface area contributed by atoms with Crippen LogP contribution in [0, 0.1) is 11.3 Å². The number of thiophene rings is 1. The number of hydrogen-bond donors (Lipinski definition) is 1. The minimum Gasteiger partial charge on any atom is -0.444 e. The molecular weight excluding hydrogens is 404 g/mol. The minimum atomic E-state index is -3.85. The van der Waals surface area contributed by atoms with Crippen molar-refractivity contribution >= 4 is 38.4 Å². The molecule has 0 radical (unpaired) electrons. The van der Waals surface area contributed by atoms with E-state index in [1.807, 2.05) is 0 Å². The topological polar surface area (TPSA) is 134 Å². The first kappa shape index (κ1) is 20.6. The highest BCUT2D eigenvalue weighted by atomic mass is 32.2. The molecule has 1 aromatic rings. The average Bonchev–Trinajstić information content (AvgIpc) is 3.12. The molecule has 9 nitrogen and oxygen atoms in total. The van der Waals surface area contributed by atoms with Crippen LogP contribution in [0.1, 0.15) is 43.2 Å². The molecule has 0 bridgehead atoms. The fourth-order valence-electron chi connectivity index (χ4n) is 3.27. The Morgan fingerprint density at radius 3 is 2.61 bits per heavy atom. The molecular formula is C17H22N4O5S2. The van der Waals surface area contributed by atoms with Gasteiger partial charge in [-0.3, -0.25) is 4.79 Å². The van der Waals surface area contributed by atoms with E-state index in [-0.39, 0.29) is 25.4 Å². The van der Waals surface area contributed by atoms with Crippen LogP contribution in [0.25, 0.3) is 0 Å². The molecule has 2 amide bonds. The number of rotatable bonds is 2. The maximum absolute atomic E-state index is 12.4. The summed E-state index contributed by atoms with van der Waals surface area (Å²) in [6, 6.07) is 2.14. The number of nitriles is 1. The number of ether oxygens (including phenoxy) is 1. The number of nitrogens with two attached hydrogens (primary N) is 1. The van der Waals surface area contributed by atoms with E-state index in [0.29, 0.717) is 23.5 Å². The summed E-state index contributed by atoms with van der Waals surface area (Å²) in [5.41, 5.74) is 0.557. The number of primary sulfonamides is 1. The van der Waals surface area contributed by atoms with Crippen molar-refractivity contribution in [1.29, 1.82) is 5.26 Å². The van der Waals surface area contributed by atoms with Gasteiger partial charge in [0.05, 0.1) is 12.1 Å². The molecule has 1 unspecified atom stereocenters. The molecule has 2 aliphatic rings. The van der Waals surface area contributed by atoms with Gasteiger partial charge in [-0.25, -0.2) is 18.4 Å². The third-order valence-corrected chi connectivity index (χ3v) is 7.09. The SMILES string of the molecule is CC(C)(C)OC(=O)N1CCc2c(sc(N3CC(S(N)(=O)=O)CC3=O)c2C#N)C1. The second-order valence-corrected chi connectivity index (χ2v) is 10.8. The lowest BCUT2D eigenvalue weighted by Gasteiger charge is -2.29. The lowest BCUT2D eigenvalue weighted by atomic mass is 10.0. The highest BCUT2D eigenvalue weighted by Crippen LogP contribution is 2.41. The molecule has 3 heterocycles. The normalized spacial score (nSPS) is 20.1. The van der Waals surface area contributed by atoms with Crippen molar-refractivity contribution in [3.8, 4) is 6.07 Å². The standard InChI is InChI=1S/C17H22N4O5S2/c1-17(2,3)26-16(23)20-5-4-11-12(7-18)15(27-13(11)9-20)21-8-10(6-14(21)22)28(19,24)25/h10H,4-6,8-9H2,1-3H3,(H2,19,24,25). The van der Waals surface area contributed by atoms with Crippen LogP contribution in [0.5, 0.6) is 0 Å². The summed E-state index contributed by atoms with van der Waals surface area (Å²) >= 11 is 1.24. The first-order valence-electron chi connectivity index (χ1n) is 8.75. The lowest BCUT2D eigenvalue weighted by Crippen LogP contribution is -2.39. The summed E-state index contributed by atoms with van der Waals surface area (Å²) in [5, 5.41) is 14.3. The largest absolute Gasteiger partial charge is 0.444 e. The molecule has 152 valence electrons. The molecule has 0 aromatic carbocycles. The van der Waals surface area contributed by atoms with Crippen molar-refractivity contribution in [2.45, 2.75) is 51.0 Å². The zero-order chi connectivity index (χ0) is 20.9. The Morgan fingerprint density at radius 1 is 1.39 bits per heavy atom. The predicted octanol–water partition coefficient (Wildman–Crippen LogP) is 1.31. The van der Waals surface area contributed by atoms with Crippen molar-refractivity contribution in [1.82, 2.24) is 4.90 Å². The molecule has 28 heavy (non-hydrogen) atoms. The van der Waals surface area contributed by atoms with Crippen LogP contribution in [0.15, 0.2) is 0 Å². The molecule has 2 aliphatic heterocycles. The Hall–Kier alpha value is -2.16. The van der Waals surface area contributed by atoms with Crippen LogP contribution >= 0.6 is 11.3 Å². The first-order valence-corrected chi connectivity index (χ1v) is 11.2. The molecule has 1 fully saturated rings. The van der Waals surface area contributed by atoms with E-state index < -0.39 is 27.0 Å². The Morgan fingerprint density at radius 2 is 2.07 bits per heavy atom. The van der Waals surface area contributed by atoms with Crippen molar-refractivity contribution in [3.63, 3.8) is 0 Å². The number of fused-ring (bicyclic) bond motifs is 1. The second-order valence-electron chi connectivity index (χ2n) is 7.87. The molecule has 2 N–H and O–H groups in total. The smallest absolute Gasteiger partial charge is 0.410 e. The van der Waals surface area contributed by atoms with E-state index >= 15 is 0 Å². The van der Waals surface area contributed by atoms with Gasteiger partial charge in [0.25, 0.3) is 0 Å². The highest BCUT2D eigenvalue weighted by Gasteiger charge is 2.40. The molecule has 1 atom stereocenters. The van der Waals surface area contributed by atoms with Crippen LogP contribution in [0.4, 0.5) is 9.80 Å². The number of sulfonamides is 1. The summed E-state index contributed by atoms with van der Waals surface area (Å²) < 4.78 is 28.6. The maximum Gasteiger partial charge on any atom is 0.410 e. The summed E-state index contributed by atoms with van der Waals surface area (Å²) in [7, 11) is -3.85. The van der Waals surface area contributed by atoms with E-state index in [4.69, 9.17) is 9.88 Å². The zero-order valence-corrected chi connectivity index (χ0v) is 17.5. The second kappa shape index (κ2) is 7.02. The number of anilines is 1. The molecule has 1 aromatic heterocycles. The quantitative estimate of drug-likeness (QED) is 0.758. The van der Waals surface area contributed by atoms with E-state index in [1.54, 1.807) is 25.7 Å². The number of amides is 2.